The van der Waals surface area contributed by atoms with E-state index in [0.29, 0.717) is 16.8 Å². The second-order valence-corrected chi connectivity index (χ2v) is 6.46. The summed E-state index contributed by atoms with van der Waals surface area (Å²) in [5.74, 6) is -0.148. The molecule has 134 valence electrons. The van der Waals surface area contributed by atoms with Gasteiger partial charge < -0.3 is 5.32 Å². The number of benzene rings is 3. The first-order valence-electron chi connectivity index (χ1n) is 8.55. The SMILES string of the molecule is Cc1ccc(N2C(=O)c3ccccc3N[C@H]2c2cccc([N+](=O)[O-])c2)cc1. The van der Waals surface area contributed by atoms with Crippen LogP contribution in [0.15, 0.2) is 72.8 Å². The van der Waals surface area contributed by atoms with Crippen LogP contribution < -0.4 is 10.2 Å². The summed E-state index contributed by atoms with van der Waals surface area (Å²) in [5.41, 5.74) is 3.73. The molecule has 3 aromatic rings. The third kappa shape index (κ3) is 3.01. The molecule has 6 heteroatoms. The van der Waals surface area contributed by atoms with E-state index in [0.717, 1.165) is 11.3 Å². The zero-order chi connectivity index (χ0) is 19.0. The number of non-ortho nitro benzene ring substituents is 1. The van der Waals surface area contributed by atoms with E-state index in [-0.39, 0.29) is 11.6 Å². The molecule has 0 bridgehead atoms. The molecular weight excluding hydrogens is 342 g/mol. The largest absolute Gasteiger partial charge is 0.360 e. The van der Waals surface area contributed by atoms with Gasteiger partial charge in [0.2, 0.25) is 0 Å². The van der Waals surface area contributed by atoms with Gasteiger partial charge in [0, 0.05) is 29.1 Å². The van der Waals surface area contributed by atoms with Crippen LogP contribution in [0.4, 0.5) is 17.1 Å². The van der Waals surface area contributed by atoms with E-state index in [1.54, 1.807) is 23.1 Å². The van der Waals surface area contributed by atoms with Gasteiger partial charge in [0.15, 0.2) is 0 Å². The van der Waals surface area contributed by atoms with Gasteiger partial charge in [0.25, 0.3) is 11.6 Å². The summed E-state index contributed by atoms with van der Waals surface area (Å²) in [5, 5.41) is 14.5. The fourth-order valence-electron chi connectivity index (χ4n) is 3.27. The molecule has 0 radical (unpaired) electrons. The standard InChI is InChI=1S/C21H17N3O3/c1-14-9-11-16(12-10-14)23-20(15-5-4-6-17(13-15)24(26)27)22-19-8-3-2-7-18(19)21(23)25/h2-13,20,22H,1H3/t20-/m1/s1. The van der Waals surface area contributed by atoms with Crippen molar-refractivity contribution in [3.05, 3.63) is 99.6 Å². The number of carbonyl (C=O) groups is 1. The minimum Gasteiger partial charge on any atom is -0.360 e. The number of hydrogen-bond donors (Lipinski definition) is 1. The average Bonchev–Trinajstić information content (AvgIpc) is 2.69. The van der Waals surface area contributed by atoms with E-state index in [9.17, 15) is 14.9 Å². The van der Waals surface area contributed by atoms with Crippen LogP contribution in [-0.4, -0.2) is 10.8 Å². The van der Waals surface area contributed by atoms with Crippen LogP contribution in [0, 0.1) is 17.0 Å². The number of hydrogen-bond acceptors (Lipinski definition) is 4. The van der Waals surface area contributed by atoms with E-state index < -0.39 is 11.1 Å². The predicted octanol–water partition coefficient (Wildman–Crippen LogP) is 4.67. The van der Waals surface area contributed by atoms with Crippen molar-refractivity contribution in [3.8, 4) is 0 Å². The third-order valence-corrected chi connectivity index (χ3v) is 4.64. The van der Waals surface area contributed by atoms with Crippen molar-refractivity contribution in [1.29, 1.82) is 0 Å². The molecule has 0 saturated carbocycles. The molecule has 1 aliphatic rings. The number of nitro benzene ring substituents is 1. The van der Waals surface area contributed by atoms with Gasteiger partial charge in [-0.1, -0.05) is 42.0 Å². The van der Waals surface area contributed by atoms with E-state index in [1.807, 2.05) is 49.4 Å². The summed E-state index contributed by atoms with van der Waals surface area (Å²) in [7, 11) is 0. The molecule has 4 rings (SSSR count). The smallest absolute Gasteiger partial charge is 0.269 e. The molecule has 0 spiro atoms. The molecule has 0 fully saturated rings. The van der Waals surface area contributed by atoms with E-state index >= 15 is 0 Å². The fraction of sp³-hybridized carbons (Fsp3) is 0.0952. The van der Waals surface area contributed by atoms with Crippen LogP contribution in [0.3, 0.4) is 0 Å². The summed E-state index contributed by atoms with van der Waals surface area (Å²) in [4.78, 5) is 25.7. The Balaban J connectivity index is 1.86. The maximum Gasteiger partial charge on any atom is 0.269 e. The molecule has 1 aliphatic heterocycles. The number of fused-ring (bicyclic) bond motifs is 1. The highest BCUT2D eigenvalue weighted by Gasteiger charge is 2.34. The Kier molecular flexibility index (Phi) is 4.08. The number of carbonyl (C=O) groups excluding carboxylic acids is 1. The predicted molar refractivity (Wildman–Crippen MR) is 104 cm³/mol. The van der Waals surface area contributed by atoms with Crippen molar-refractivity contribution < 1.29 is 9.72 Å². The first-order valence-corrected chi connectivity index (χ1v) is 8.55. The Morgan fingerprint density at radius 2 is 1.74 bits per heavy atom. The number of anilines is 2. The van der Waals surface area contributed by atoms with Gasteiger partial charge in [-0.25, -0.2) is 0 Å². The molecule has 0 aromatic heterocycles. The normalized spacial score (nSPS) is 15.8. The van der Waals surface area contributed by atoms with Crippen LogP contribution in [0.5, 0.6) is 0 Å². The summed E-state index contributed by atoms with van der Waals surface area (Å²) in [6, 6.07) is 21.3. The highest BCUT2D eigenvalue weighted by Crippen LogP contribution is 2.37. The Morgan fingerprint density at radius 3 is 2.48 bits per heavy atom. The van der Waals surface area contributed by atoms with E-state index in [1.165, 1.54) is 12.1 Å². The second kappa shape index (κ2) is 6.57. The Labute approximate surface area is 156 Å². The Morgan fingerprint density at radius 1 is 1.00 bits per heavy atom. The summed E-state index contributed by atoms with van der Waals surface area (Å²) in [6.45, 7) is 1.98. The summed E-state index contributed by atoms with van der Waals surface area (Å²) in [6.07, 6.45) is -0.546. The van der Waals surface area contributed by atoms with Gasteiger partial charge in [0.1, 0.15) is 6.17 Å². The minimum absolute atomic E-state index is 0.00976. The van der Waals surface area contributed by atoms with Gasteiger partial charge >= 0.3 is 0 Å². The fourth-order valence-corrected chi connectivity index (χ4v) is 3.27. The van der Waals surface area contributed by atoms with Gasteiger partial charge in [-0.3, -0.25) is 19.8 Å². The third-order valence-electron chi connectivity index (χ3n) is 4.64. The maximum atomic E-state index is 13.3. The molecule has 0 unspecified atom stereocenters. The first-order chi connectivity index (χ1) is 13.0. The molecule has 27 heavy (non-hydrogen) atoms. The van der Waals surface area contributed by atoms with Crippen molar-refractivity contribution >= 4 is 23.0 Å². The van der Waals surface area contributed by atoms with Gasteiger partial charge in [0.05, 0.1) is 10.5 Å². The maximum absolute atomic E-state index is 13.3. The van der Waals surface area contributed by atoms with Gasteiger partial charge in [-0.15, -0.1) is 0 Å². The Hall–Kier alpha value is -3.67. The number of para-hydroxylation sites is 1. The number of nitrogens with zero attached hydrogens (tertiary/aromatic N) is 2. The Bertz CT molecular complexity index is 1030. The number of amides is 1. The lowest BCUT2D eigenvalue weighted by atomic mass is 10.0. The summed E-state index contributed by atoms with van der Waals surface area (Å²) >= 11 is 0. The lowest BCUT2D eigenvalue weighted by molar-refractivity contribution is -0.384. The zero-order valence-corrected chi connectivity index (χ0v) is 14.6. The zero-order valence-electron chi connectivity index (χ0n) is 14.6. The molecule has 0 saturated heterocycles. The van der Waals surface area contributed by atoms with Crippen LogP contribution >= 0.6 is 0 Å². The van der Waals surface area contributed by atoms with E-state index in [4.69, 9.17) is 0 Å². The van der Waals surface area contributed by atoms with Gasteiger partial charge in [-0.05, 0) is 31.2 Å². The molecule has 1 N–H and O–H groups in total. The number of nitro groups is 1. The molecule has 1 atom stereocenters. The van der Waals surface area contributed by atoms with Crippen LogP contribution in [0.1, 0.15) is 27.7 Å². The van der Waals surface area contributed by atoms with Crippen LogP contribution in [-0.2, 0) is 0 Å². The van der Waals surface area contributed by atoms with Crippen molar-refractivity contribution in [3.63, 3.8) is 0 Å². The molecule has 1 heterocycles. The van der Waals surface area contributed by atoms with Crippen molar-refractivity contribution in [2.24, 2.45) is 0 Å². The molecular formula is C21H17N3O3. The molecule has 0 aliphatic carbocycles. The average molecular weight is 359 g/mol. The highest BCUT2D eigenvalue weighted by atomic mass is 16.6. The van der Waals surface area contributed by atoms with Crippen LogP contribution in [0.2, 0.25) is 0 Å². The van der Waals surface area contributed by atoms with Crippen molar-refractivity contribution in [1.82, 2.24) is 0 Å². The van der Waals surface area contributed by atoms with Gasteiger partial charge in [-0.2, -0.15) is 0 Å². The monoisotopic (exact) mass is 359 g/mol. The lowest BCUT2D eigenvalue weighted by Gasteiger charge is -2.38. The van der Waals surface area contributed by atoms with E-state index in [2.05, 4.69) is 5.32 Å². The lowest BCUT2D eigenvalue weighted by Crippen LogP contribution is -2.43. The minimum atomic E-state index is -0.546. The molecule has 3 aromatic carbocycles. The molecule has 1 amide bonds. The quantitative estimate of drug-likeness (QED) is 0.544. The summed E-state index contributed by atoms with van der Waals surface area (Å²) < 4.78 is 0. The number of rotatable bonds is 3. The van der Waals surface area contributed by atoms with Crippen molar-refractivity contribution in [2.75, 3.05) is 10.2 Å². The topological polar surface area (TPSA) is 75.5 Å². The molecule has 6 nitrogen and oxygen atoms in total. The van der Waals surface area contributed by atoms with Crippen LogP contribution in [0.25, 0.3) is 0 Å². The first kappa shape index (κ1) is 16.8. The second-order valence-electron chi connectivity index (χ2n) is 6.46. The highest BCUT2D eigenvalue weighted by molar-refractivity contribution is 6.12. The number of aryl methyl sites for hydroxylation is 1. The van der Waals surface area contributed by atoms with Crippen molar-refractivity contribution in [2.45, 2.75) is 13.1 Å². The number of nitrogens with one attached hydrogen (secondary N) is 1.